The quantitative estimate of drug-likeness (QED) is 0.640. The van der Waals surface area contributed by atoms with Gasteiger partial charge in [0.2, 0.25) is 0 Å². The van der Waals surface area contributed by atoms with Gasteiger partial charge in [-0.3, -0.25) is 0 Å². The van der Waals surface area contributed by atoms with E-state index < -0.39 is 0 Å². The van der Waals surface area contributed by atoms with Gasteiger partial charge in [-0.1, -0.05) is 20.3 Å². The second-order valence-electron chi connectivity index (χ2n) is 3.92. The van der Waals surface area contributed by atoms with Crippen molar-refractivity contribution in [3.8, 4) is 0 Å². The van der Waals surface area contributed by atoms with Gasteiger partial charge in [0.1, 0.15) is 0 Å². The standard InChI is InChI=1S/C9H20N2/c1-3-11-7-8(10)9(2)5-4-6-9/h8,11H,3-7,10H2,1-2H3/t8-/m0/s1. The molecular weight excluding hydrogens is 136 g/mol. The van der Waals surface area contributed by atoms with Crippen molar-refractivity contribution in [1.29, 1.82) is 0 Å². The lowest BCUT2D eigenvalue weighted by Gasteiger charge is -2.43. The molecular formula is C9H20N2. The van der Waals surface area contributed by atoms with Crippen molar-refractivity contribution in [3.05, 3.63) is 0 Å². The maximum atomic E-state index is 6.04. The number of rotatable bonds is 4. The molecule has 0 spiro atoms. The Hall–Kier alpha value is -0.0800. The molecule has 1 saturated carbocycles. The van der Waals surface area contributed by atoms with Gasteiger partial charge in [-0.25, -0.2) is 0 Å². The van der Waals surface area contributed by atoms with E-state index in [9.17, 15) is 0 Å². The topological polar surface area (TPSA) is 38.0 Å². The summed E-state index contributed by atoms with van der Waals surface area (Å²) in [5.74, 6) is 0. The zero-order valence-corrected chi connectivity index (χ0v) is 7.69. The van der Waals surface area contributed by atoms with E-state index in [2.05, 4.69) is 19.2 Å². The number of nitrogens with two attached hydrogens (primary N) is 1. The zero-order valence-electron chi connectivity index (χ0n) is 7.69. The zero-order chi connectivity index (χ0) is 8.32. The molecule has 66 valence electrons. The monoisotopic (exact) mass is 156 g/mol. The fourth-order valence-corrected chi connectivity index (χ4v) is 1.65. The smallest absolute Gasteiger partial charge is 0.0219 e. The molecule has 11 heavy (non-hydrogen) atoms. The van der Waals surface area contributed by atoms with E-state index in [0.717, 1.165) is 13.1 Å². The summed E-state index contributed by atoms with van der Waals surface area (Å²) in [6.45, 7) is 6.44. The first-order chi connectivity index (χ1) is 5.19. The van der Waals surface area contributed by atoms with Crippen molar-refractivity contribution in [3.63, 3.8) is 0 Å². The molecule has 0 bridgehead atoms. The summed E-state index contributed by atoms with van der Waals surface area (Å²) in [6.07, 6.45) is 4.01. The average Bonchev–Trinajstić information content (AvgIpc) is 1.95. The third-order valence-corrected chi connectivity index (χ3v) is 3.01. The molecule has 0 amide bonds. The highest BCUT2D eigenvalue weighted by molar-refractivity contribution is 4.92. The van der Waals surface area contributed by atoms with Gasteiger partial charge in [-0.05, 0) is 24.8 Å². The first-order valence-corrected chi connectivity index (χ1v) is 4.65. The second kappa shape index (κ2) is 3.55. The van der Waals surface area contributed by atoms with Crippen molar-refractivity contribution in [1.82, 2.24) is 5.32 Å². The predicted octanol–water partition coefficient (Wildman–Crippen LogP) is 1.11. The van der Waals surface area contributed by atoms with Crippen LogP contribution in [-0.2, 0) is 0 Å². The molecule has 1 fully saturated rings. The summed E-state index contributed by atoms with van der Waals surface area (Å²) in [6, 6.07) is 0.358. The normalized spacial score (nSPS) is 24.3. The van der Waals surface area contributed by atoms with Crippen LogP contribution < -0.4 is 11.1 Å². The van der Waals surface area contributed by atoms with E-state index in [1.165, 1.54) is 19.3 Å². The van der Waals surface area contributed by atoms with Crippen LogP contribution in [0.3, 0.4) is 0 Å². The molecule has 0 heterocycles. The van der Waals surface area contributed by atoms with E-state index in [4.69, 9.17) is 5.73 Å². The second-order valence-corrected chi connectivity index (χ2v) is 3.92. The van der Waals surface area contributed by atoms with Crippen LogP contribution in [-0.4, -0.2) is 19.1 Å². The van der Waals surface area contributed by atoms with E-state index >= 15 is 0 Å². The summed E-state index contributed by atoms with van der Waals surface area (Å²) in [4.78, 5) is 0. The van der Waals surface area contributed by atoms with Gasteiger partial charge in [0.05, 0.1) is 0 Å². The SMILES string of the molecule is CCNC[C@H](N)C1(C)CCC1. The van der Waals surface area contributed by atoms with Crippen LogP contribution >= 0.6 is 0 Å². The lowest BCUT2D eigenvalue weighted by molar-refractivity contribution is 0.118. The Morgan fingerprint density at radius 1 is 1.55 bits per heavy atom. The van der Waals surface area contributed by atoms with E-state index in [1.54, 1.807) is 0 Å². The summed E-state index contributed by atoms with van der Waals surface area (Å²) in [5.41, 5.74) is 6.48. The van der Waals surface area contributed by atoms with Gasteiger partial charge in [0.15, 0.2) is 0 Å². The van der Waals surface area contributed by atoms with Crippen LogP contribution in [0.1, 0.15) is 33.1 Å². The number of hydrogen-bond acceptors (Lipinski definition) is 2. The number of hydrogen-bond donors (Lipinski definition) is 2. The van der Waals surface area contributed by atoms with Crippen molar-refractivity contribution in [2.45, 2.75) is 39.2 Å². The third kappa shape index (κ3) is 1.94. The Bertz CT molecular complexity index is 119. The number of nitrogens with one attached hydrogen (secondary N) is 1. The molecule has 0 unspecified atom stereocenters. The lowest BCUT2D eigenvalue weighted by Crippen LogP contribution is -2.49. The van der Waals surface area contributed by atoms with Crippen molar-refractivity contribution < 1.29 is 0 Å². The van der Waals surface area contributed by atoms with Gasteiger partial charge in [0.25, 0.3) is 0 Å². The molecule has 1 aliphatic rings. The molecule has 1 atom stereocenters. The van der Waals surface area contributed by atoms with Crippen molar-refractivity contribution in [2.75, 3.05) is 13.1 Å². The molecule has 0 radical (unpaired) electrons. The summed E-state index contributed by atoms with van der Waals surface area (Å²) in [7, 11) is 0. The van der Waals surface area contributed by atoms with Crippen LogP contribution in [0, 0.1) is 5.41 Å². The molecule has 0 aliphatic heterocycles. The first-order valence-electron chi connectivity index (χ1n) is 4.65. The molecule has 0 saturated heterocycles. The average molecular weight is 156 g/mol. The maximum absolute atomic E-state index is 6.04. The van der Waals surface area contributed by atoms with Gasteiger partial charge in [-0.15, -0.1) is 0 Å². The van der Waals surface area contributed by atoms with E-state index in [1.807, 2.05) is 0 Å². The Morgan fingerprint density at radius 2 is 2.18 bits per heavy atom. The van der Waals surface area contributed by atoms with Gasteiger partial charge >= 0.3 is 0 Å². The minimum Gasteiger partial charge on any atom is -0.326 e. The lowest BCUT2D eigenvalue weighted by atomic mass is 9.66. The third-order valence-electron chi connectivity index (χ3n) is 3.01. The van der Waals surface area contributed by atoms with Crippen molar-refractivity contribution in [2.24, 2.45) is 11.1 Å². The highest BCUT2D eigenvalue weighted by Crippen LogP contribution is 2.42. The Morgan fingerprint density at radius 3 is 2.55 bits per heavy atom. The predicted molar refractivity (Wildman–Crippen MR) is 48.5 cm³/mol. The summed E-state index contributed by atoms with van der Waals surface area (Å²) < 4.78 is 0. The maximum Gasteiger partial charge on any atom is 0.0219 e. The molecule has 1 aliphatic carbocycles. The Balaban J connectivity index is 2.22. The van der Waals surface area contributed by atoms with Gasteiger partial charge in [-0.2, -0.15) is 0 Å². The summed E-state index contributed by atoms with van der Waals surface area (Å²) in [5, 5.41) is 3.30. The van der Waals surface area contributed by atoms with E-state index in [-0.39, 0.29) is 0 Å². The minimum atomic E-state index is 0.358. The summed E-state index contributed by atoms with van der Waals surface area (Å²) >= 11 is 0. The highest BCUT2D eigenvalue weighted by Gasteiger charge is 2.37. The minimum absolute atomic E-state index is 0.358. The molecule has 0 aromatic carbocycles. The van der Waals surface area contributed by atoms with Crippen LogP contribution in [0.4, 0.5) is 0 Å². The largest absolute Gasteiger partial charge is 0.326 e. The van der Waals surface area contributed by atoms with Crippen LogP contribution in [0.15, 0.2) is 0 Å². The van der Waals surface area contributed by atoms with Crippen LogP contribution in [0.25, 0.3) is 0 Å². The van der Waals surface area contributed by atoms with Crippen molar-refractivity contribution >= 4 is 0 Å². The molecule has 1 rings (SSSR count). The van der Waals surface area contributed by atoms with Crippen LogP contribution in [0.5, 0.6) is 0 Å². The molecule has 3 N–H and O–H groups in total. The highest BCUT2D eigenvalue weighted by atomic mass is 14.9. The molecule has 0 aromatic rings. The molecule has 2 nitrogen and oxygen atoms in total. The number of likely N-dealkylation sites (N-methyl/N-ethyl adjacent to an activating group) is 1. The first kappa shape index (κ1) is 9.01. The van der Waals surface area contributed by atoms with Gasteiger partial charge in [0, 0.05) is 12.6 Å². The Labute approximate surface area is 69.5 Å². The fraction of sp³-hybridized carbons (Fsp3) is 1.00. The van der Waals surface area contributed by atoms with Crippen LogP contribution in [0.2, 0.25) is 0 Å². The molecule has 0 aromatic heterocycles. The molecule has 2 heteroatoms. The van der Waals surface area contributed by atoms with Gasteiger partial charge < -0.3 is 11.1 Å². The Kier molecular flexibility index (Phi) is 2.90. The fourth-order valence-electron chi connectivity index (χ4n) is 1.65. The van der Waals surface area contributed by atoms with E-state index in [0.29, 0.717) is 11.5 Å².